The molecule has 4 aliphatic carbocycles. The molecule has 2 atom stereocenters. The van der Waals surface area contributed by atoms with Gasteiger partial charge < -0.3 is 9.05 Å². The van der Waals surface area contributed by atoms with E-state index in [1.165, 1.54) is 97.6 Å². The molecular weight excluding hydrogens is 497 g/mol. The molecule has 1 aliphatic heterocycles. The number of hydrogen-bond donors (Lipinski definition) is 0. The molecule has 0 N–H and O–H groups in total. The number of hydrogen-bond acceptors (Lipinski definition) is 3. The lowest BCUT2D eigenvalue weighted by Crippen LogP contribution is -2.41. The van der Waals surface area contributed by atoms with Gasteiger partial charge in [0.25, 0.3) is 0 Å². The van der Waals surface area contributed by atoms with Crippen LogP contribution in [-0.4, -0.2) is 10.7 Å². The maximum atomic E-state index is 7.25. The van der Waals surface area contributed by atoms with Crippen LogP contribution < -0.4 is 9.05 Å². The van der Waals surface area contributed by atoms with Crippen molar-refractivity contribution in [2.75, 3.05) is 0 Å². The second kappa shape index (κ2) is 9.64. The quantitative estimate of drug-likeness (QED) is 0.310. The van der Waals surface area contributed by atoms with Crippen molar-refractivity contribution in [1.29, 1.82) is 0 Å². The Hall–Kier alpha value is -2.35. The van der Waals surface area contributed by atoms with Gasteiger partial charge in [-0.15, -0.1) is 0 Å². The first-order chi connectivity index (χ1) is 19.2. The van der Waals surface area contributed by atoms with Gasteiger partial charge in [-0.05, 0) is 105 Å². The van der Waals surface area contributed by atoms with Gasteiger partial charge in [-0.3, -0.25) is 0 Å². The molecule has 0 radical (unpaired) electrons. The molecule has 202 valence electrons. The summed E-state index contributed by atoms with van der Waals surface area (Å²) in [7, 11) is -1.34. The zero-order valence-corrected chi connectivity index (χ0v) is 24.1. The minimum absolute atomic E-state index is 0.0521. The van der Waals surface area contributed by atoms with Crippen molar-refractivity contribution in [2.45, 2.75) is 101 Å². The molecule has 0 bridgehead atoms. The van der Waals surface area contributed by atoms with Crippen LogP contribution in [0, 0.1) is 5.92 Å². The highest BCUT2D eigenvalue weighted by atomic mass is 31.2. The molecule has 1 saturated carbocycles. The average molecular weight is 538 g/mol. The SMILES string of the molecule is C[C@@H](C1CCCCC1)N([C@H]1CCCc2ccccc21)P1Oc2cccc3c2C2(CC3)CCc3cccc(c32)O1. The number of aryl methyl sites for hydroxylation is 3. The van der Waals surface area contributed by atoms with Crippen molar-refractivity contribution in [2.24, 2.45) is 5.92 Å². The molecule has 0 saturated heterocycles. The first-order valence-electron chi connectivity index (χ1n) is 15.5. The molecule has 5 aliphatic rings. The van der Waals surface area contributed by atoms with E-state index >= 15 is 0 Å². The van der Waals surface area contributed by atoms with E-state index in [0.29, 0.717) is 18.0 Å². The Morgan fingerprint density at radius 1 is 0.718 bits per heavy atom. The topological polar surface area (TPSA) is 21.7 Å². The number of benzene rings is 3. The second-order valence-electron chi connectivity index (χ2n) is 12.7. The van der Waals surface area contributed by atoms with E-state index in [1.807, 2.05) is 0 Å². The molecule has 3 aromatic rings. The average Bonchev–Trinajstić information content (AvgIpc) is 3.55. The Labute approximate surface area is 234 Å². The van der Waals surface area contributed by atoms with Crippen LogP contribution in [-0.2, 0) is 24.7 Å². The van der Waals surface area contributed by atoms with E-state index < -0.39 is 8.53 Å². The Bertz CT molecular complexity index is 1330. The van der Waals surface area contributed by atoms with Crippen LogP contribution in [0.3, 0.4) is 0 Å². The normalized spacial score (nSPS) is 24.1. The molecule has 1 spiro atoms. The lowest BCUT2D eigenvalue weighted by atomic mass is 9.76. The summed E-state index contributed by atoms with van der Waals surface area (Å²) < 4.78 is 17.2. The fourth-order valence-electron chi connectivity index (χ4n) is 8.92. The van der Waals surface area contributed by atoms with Crippen molar-refractivity contribution in [1.82, 2.24) is 4.67 Å². The summed E-state index contributed by atoms with van der Waals surface area (Å²) in [4.78, 5) is 0. The highest BCUT2D eigenvalue weighted by molar-refractivity contribution is 7.45. The van der Waals surface area contributed by atoms with Gasteiger partial charge in [0.2, 0.25) is 0 Å². The Balaban J connectivity index is 1.29. The lowest BCUT2D eigenvalue weighted by molar-refractivity contribution is 0.143. The third kappa shape index (κ3) is 3.83. The summed E-state index contributed by atoms with van der Waals surface area (Å²) >= 11 is 0. The predicted octanol–water partition coefficient (Wildman–Crippen LogP) is 9.21. The number of rotatable bonds is 4. The smallest absolute Gasteiger partial charge is 0.385 e. The minimum atomic E-state index is -1.34. The summed E-state index contributed by atoms with van der Waals surface area (Å²) in [6, 6.07) is 23.5. The number of nitrogens with zero attached hydrogens (tertiary/aromatic N) is 1. The minimum Gasteiger partial charge on any atom is -0.427 e. The monoisotopic (exact) mass is 537 g/mol. The molecule has 1 heterocycles. The molecule has 8 rings (SSSR count). The van der Waals surface area contributed by atoms with Crippen molar-refractivity contribution in [3.63, 3.8) is 0 Å². The van der Waals surface area contributed by atoms with Crippen LogP contribution in [0.2, 0.25) is 0 Å². The van der Waals surface area contributed by atoms with Crippen LogP contribution in [0.4, 0.5) is 0 Å². The largest absolute Gasteiger partial charge is 0.427 e. The molecule has 0 unspecified atom stereocenters. The summed E-state index contributed by atoms with van der Waals surface area (Å²) in [6.45, 7) is 2.48. The fraction of sp³-hybridized carbons (Fsp3) is 0.486. The third-order valence-electron chi connectivity index (χ3n) is 10.8. The predicted molar refractivity (Wildman–Crippen MR) is 158 cm³/mol. The van der Waals surface area contributed by atoms with Crippen molar-refractivity contribution < 1.29 is 9.05 Å². The highest BCUT2D eigenvalue weighted by Gasteiger charge is 2.51. The zero-order chi connectivity index (χ0) is 26.0. The lowest BCUT2D eigenvalue weighted by Gasteiger charge is -2.46. The molecule has 1 fully saturated rings. The summed E-state index contributed by atoms with van der Waals surface area (Å²) in [5.74, 6) is 2.86. The molecule has 0 aromatic heterocycles. The van der Waals surface area contributed by atoms with Crippen LogP contribution in [0.15, 0.2) is 60.7 Å². The van der Waals surface area contributed by atoms with Crippen molar-refractivity contribution >= 4 is 8.53 Å². The molecule has 3 aromatic carbocycles. The van der Waals surface area contributed by atoms with Gasteiger partial charge in [0.05, 0.1) is 0 Å². The Morgan fingerprint density at radius 3 is 2.05 bits per heavy atom. The molecule has 3 nitrogen and oxygen atoms in total. The van der Waals surface area contributed by atoms with Crippen molar-refractivity contribution in [3.8, 4) is 11.5 Å². The molecular formula is C35H40NO2P. The second-order valence-corrected chi connectivity index (χ2v) is 14.0. The van der Waals surface area contributed by atoms with Crippen LogP contribution >= 0.6 is 8.53 Å². The first-order valence-corrected chi connectivity index (χ1v) is 16.6. The maximum absolute atomic E-state index is 7.25. The summed E-state index contributed by atoms with van der Waals surface area (Å²) in [6.07, 6.45) is 14.9. The van der Waals surface area contributed by atoms with E-state index in [0.717, 1.165) is 24.3 Å². The van der Waals surface area contributed by atoms with Crippen molar-refractivity contribution in [3.05, 3.63) is 94.0 Å². The molecule has 4 heteroatoms. The number of fused-ring (bicyclic) bond motifs is 1. The van der Waals surface area contributed by atoms with Gasteiger partial charge in [0, 0.05) is 28.6 Å². The summed E-state index contributed by atoms with van der Waals surface area (Å²) in [5, 5.41) is 0. The fourth-order valence-corrected chi connectivity index (χ4v) is 10.7. The van der Waals surface area contributed by atoms with E-state index in [9.17, 15) is 0 Å². The first kappa shape index (κ1) is 24.4. The van der Waals surface area contributed by atoms with Gasteiger partial charge in [-0.25, -0.2) is 4.67 Å². The van der Waals surface area contributed by atoms with E-state index in [1.54, 1.807) is 0 Å². The summed E-state index contributed by atoms with van der Waals surface area (Å²) in [5.41, 5.74) is 8.98. The maximum Gasteiger partial charge on any atom is 0.385 e. The Kier molecular flexibility index (Phi) is 6.04. The van der Waals surface area contributed by atoms with Crippen LogP contribution in [0.25, 0.3) is 0 Å². The van der Waals surface area contributed by atoms with E-state index in [2.05, 4.69) is 72.3 Å². The van der Waals surface area contributed by atoms with Crippen LogP contribution in [0.1, 0.15) is 104 Å². The van der Waals surface area contributed by atoms with Gasteiger partial charge in [0.15, 0.2) is 0 Å². The van der Waals surface area contributed by atoms with Gasteiger partial charge >= 0.3 is 8.53 Å². The van der Waals surface area contributed by atoms with E-state index in [-0.39, 0.29) is 5.41 Å². The standard InChI is InChI=1S/C35H40NO2P/c1-24(25-10-3-2-4-11-25)36(30-17-7-13-26-12-5-6-16-29(26)30)39-37-31-18-8-14-27-20-22-35(33(27)31)23-21-28-15-9-19-32(38-39)34(28)35/h5-6,8-9,12,14-16,18-19,24-25,30H,2-4,7,10-11,13,17,20-23H2,1H3/t24-,30-,35?/m0/s1. The van der Waals surface area contributed by atoms with E-state index in [4.69, 9.17) is 9.05 Å². The van der Waals surface area contributed by atoms with Crippen LogP contribution in [0.5, 0.6) is 11.5 Å². The molecule has 0 amide bonds. The molecule has 39 heavy (non-hydrogen) atoms. The Morgan fingerprint density at radius 2 is 1.36 bits per heavy atom. The third-order valence-corrected chi connectivity index (χ3v) is 12.5. The highest BCUT2D eigenvalue weighted by Crippen LogP contribution is 2.64. The van der Waals surface area contributed by atoms with Gasteiger partial charge in [-0.1, -0.05) is 67.8 Å². The zero-order valence-electron chi connectivity index (χ0n) is 23.2. The van der Waals surface area contributed by atoms with Gasteiger partial charge in [-0.2, -0.15) is 0 Å². The van der Waals surface area contributed by atoms with Gasteiger partial charge in [0.1, 0.15) is 11.5 Å².